The molecule has 0 aliphatic heterocycles. The quantitative estimate of drug-likeness (QED) is 0.281. The standard InChI is InChI=1S/C9H10FN3O3/c1-12-13-9(16)8(11)4-2-6(14)7(15)3-5(4)10/h2-3,11-12,14-15H,1H3,(H,13,16). The maximum Gasteiger partial charge on any atom is 0.283 e. The first kappa shape index (κ1) is 11.9. The van der Waals surface area contributed by atoms with E-state index in [2.05, 4.69) is 10.9 Å². The van der Waals surface area contributed by atoms with Gasteiger partial charge in [-0.25, -0.2) is 9.82 Å². The van der Waals surface area contributed by atoms with Crippen LogP contribution >= 0.6 is 0 Å². The molecule has 1 aromatic rings. The van der Waals surface area contributed by atoms with Gasteiger partial charge in [-0.15, -0.1) is 0 Å². The number of hydrazine groups is 1. The van der Waals surface area contributed by atoms with Crippen LogP contribution in [0.2, 0.25) is 0 Å². The predicted molar refractivity (Wildman–Crippen MR) is 53.8 cm³/mol. The Morgan fingerprint density at radius 1 is 1.38 bits per heavy atom. The number of phenols is 2. The van der Waals surface area contributed by atoms with E-state index >= 15 is 0 Å². The Morgan fingerprint density at radius 3 is 2.50 bits per heavy atom. The molecule has 0 radical (unpaired) electrons. The number of phenolic OH excluding ortho intramolecular Hbond substituents is 2. The van der Waals surface area contributed by atoms with E-state index < -0.39 is 34.5 Å². The van der Waals surface area contributed by atoms with Crippen molar-refractivity contribution in [2.45, 2.75) is 0 Å². The largest absolute Gasteiger partial charge is 0.504 e. The Kier molecular flexibility index (Phi) is 3.41. The van der Waals surface area contributed by atoms with Crippen LogP contribution in [0.5, 0.6) is 11.5 Å². The summed E-state index contributed by atoms with van der Waals surface area (Å²) in [4.78, 5) is 11.2. The first-order chi connectivity index (χ1) is 7.47. The molecule has 0 aliphatic carbocycles. The van der Waals surface area contributed by atoms with Crippen LogP contribution in [-0.4, -0.2) is 28.9 Å². The van der Waals surface area contributed by atoms with Gasteiger partial charge in [0.05, 0.1) is 0 Å². The molecule has 1 amide bonds. The van der Waals surface area contributed by atoms with E-state index in [-0.39, 0.29) is 0 Å². The average Bonchev–Trinajstić information content (AvgIpc) is 2.23. The number of benzene rings is 1. The molecule has 0 unspecified atom stereocenters. The van der Waals surface area contributed by atoms with Crippen LogP contribution in [0.4, 0.5) is 4.39 Å². The number of amides is 1. The minimum atomic E-state index is -0.966. The van der Waals surface area contributed by atoms with Gasteiger partial charge in [-0.1, -0.05) is 0 Å². The molecular weight excluding hydrogens is 217 g/mol. The SMILES string of the molecule is CNNC(=O)C(=N)c1cc(O)c(O)cc1F. The van der Waals surface area contributed by atoms with Gasteiger partial charge >= 0.3 is 0 Å². The van der Waals surface area contributed by atoms with E-state index in [0.717, 1.165) is 6.07 Å². The van der Waals surface area contributed by atoms with Crippen molar-refractivity contribution in [3.8, 4) is 11.5 Å². The minimum absolute atomic E-state index is 0.400. The van der Waals surface area contributed by atoms with Crippen molar-refractivity contribution in [2.75, 3.05) is 7.05 Å². The molecular formula is C9H10FN3O3. The lowest BCUT2D eigenvalue weighted by molar-refractivity contribution is -0.115. The summed E-state index contributed by atoms with van der Waals surface area (Å²) in [6, 6.07) is 1.44. The lowest BCUT2D eigenvalue weighted by Gasteiger charge is -2.07. The smallest absolute Gasteiger partial charge is 0.283 e. The molecule has 0 atom stereocenters. The van der Waals surface area contributed by atoms with Crippen LogP contribution in [0.15, 0.2) is 12.1 Å². The van der Waals surface area contributed by atoms with E-state index in [9.17, 15) is 9.18 Å². The topological polar surface area (TPSA) is 105 Å². The molecule has 0 aliphatic rings. The third kappa shape index (κ3) is 2.26. The van der Waals surface area contributed by atoms with Crippen molar-refractivity contribution in [1.29, 1.82) is 5.41 Å². The number of halogens is 1. The summed E-state index contributed by atoms with van der Waals surface area (Å²) >= 11 is 0. The van der Waals surface area contributed by atoms with Crippen molar-refractivity contribution >= 4 is 11.6 Å². The van der Waals surface area contributed by atoms with Gasteiger partial charge in [-0.3, -0.25) is 15.6 Å². The summed E-state index contributed by atoms with van der Waals surface area (Å²) in [5, 5.41) is 25.5. The van der Waals surface area contributed by atoms with Crippen LogP contribution in [-0.2, 0) is 4.79 Å². The first-order valence-electron chi connectivity index (χ1n) is 4.25. The number of nitrogens with one attached hydrogen (secondary N) is 3. The normalized spacial score (nSPS) is 9.88. The fraction of sp³-hybridized carbons (Fsp3) is 0.111. The number of hydrogen-bond donors (Lipinski definition) is 5. The van der Waals surface area contributed by atoms with Gasteiger partial charge in [0.1, 0.15) is 11.5 Å². The molecule has 0 spiro atoms. The van der Waals surface area contributed by atoms with Gasteiger partial charge in [-0.2, -0.15) is 0 Å². The number of hydrogen-bond acceptors (Lipinski definition) is 5. The second-order valence-electron chi connectivity index (χ2n) is 2.90. The van der Waals surface area contributed by atoms with Gasteiger partial charge in [0.25, 0.3) is 5.91 Å². The van der Waals surface area contributed by atoms with Gasteiger partial charge in [0.15, 0.2) is 11.5 Å². The van der Waals surface area contributed by atoms with Crippen LogP contribution in [0, 0.1) is 11.2 Å². The highest BCUT2D eigenvalue weighted by molar-refractivity contribution is 6.44. The lowest BCUT2D eigenvalue weighted by atomic mass is 10.1. The molecule has 16 heavy (non-hydrogen) atoms. The Balaban J connectivity index is 3.09. The summed E-state index contributed by atoms with van der Waals surface area (Å²) in [7, 11) is 1.41. The van der Waals surface area contributed by atoms with Crippen molar-refractivity contribution in [3.63, 3.8) is 0 Å². The molecule has 5 N–H and O–H groups in total. The molecule has 1 rings (SSSR count). The highest BCUT2D eigenvalue weighted by Gasteiger charge is 2.17. The fourth-order valence-corrected chi connectivity index (χ4v) is 1.04. The van der Waals surface area contributed by atoms with E-state index in [0.29, 0.717) is 6.07 Å². The second-order valence-corrected chi connectivity index (χ2v) is 2.90. The molecule has 0 saturated heterocycles. The number of rotatable bonds is 3. The van der Waals surface area contributed by atoms with Gasteiger partial charge in [0.2, 0.25) is 0 Å². The zero-order chi connectivity index (χ0) is 12.3. The van der Waals surface area contributed by atoms with Crippen LogP contribution in [0.3, 0.4) is 0 Å². The first-order valence-corrected chi connectivity index (χ1v) is 4.25. The maximum atomic E-state index is 13.3. The van der Waals surface area contributed by atoms with Gasteiger partial charge in [-0.05, 0) is 6.07 Å². The third-order valence-corrected chi connectivity index (χ3v) is 1.80. The molecule has 0 bridgehead atoms. The van der Waals surface area contributed by atoms with Crippen molar-refractivity contribution < 1.29 is 19.4 Å². The monoisotopic (exact) mass is 227 g/mol. The van der Waals surface area contributed by atoms with E-state index in [1.807, 2.05) is 0 Å². The van der Waals surface area contributed by atoms with Crippen LogP contribution in [0.1, 0.15) is 5.56 Å². The predicted octanol–water partition coefficient (Wildman–Crippen LogP) is -0.145. The summed E-state index contributed by atoms with van der Waals surface area (Å²) in [6.07, 6.45) is 0. The zero-order valence-corrected chi connectivity index (χ0v) is 8.34. The van der Waals surface area contributed by atoms with Crippen LogP contribution < -0.4 is 10.9 Å². The minimum Gasteiger partial charge on any atom is -0.504 e. The third-order valence-electron chi connectivity index (χ3n) is 1.80. The van der Waals surface area contributed by atoms with Gasteiger partial charge in [0, 0.05) is 18.7 Å². The molecule has 86 valence electrons. The zero-order valence-electron chi connectivity index (χ0n) is 8.34. The highest BCUT2D eigenvalue weighted by atomic mass is 19.1. The molecule has 1 aromatic carbocycles. The summed E-state index contributed by atoms with van der Waals surface area (Å²) in [5.74, 6) is -3.07. The lowest BCUT2D eigenvalue weighted by Crippen LogP contribution is -2.39. The maximum absolute atomic E-state index is 13.3. The fourth-order valence-electron chi connectivity index (χ4n) is 1.04. The second kappa shape index (κ2) is 4.58. The molecule has 0 heterocycles. The molecule has 0 saturated carbocycles. The summed E-state index contributed by atoms with van der Waals surface area (Å²) < 4.78 is 13.3. The highest BCUT2D eigenvalue weighted by Crippen LogP contribution is 2.27. The van der Waals surface area contributed by atoms with E-state index in [4.69, 9.17) is 15.6 Å². The van der Waals surface area contributed by atoms with Crippen LogP contribution in [0.25, 0.3) is 0 Å². The van der Waals surface area contributed by atoms with Crippen molar-refractivity contribution in [3.05, 3.63) is 23.5 Å². The molecule has 0 fully saturated rings. The Morgan fingerprint density at radius 2 is 1.94 bits per heavy atom. The number of carbonyl (C=O) groups excluding carboxylic acids is 1. The van der Waals surface area contributed by atoms with Crippen molar-refractivity contribution in [2.24, 2.45) is 0 Å². The van der Waals surface area contributed by atoms with Gasteiger partial charge < -0.3 is 10.2 Å². The average molecular weight is 227 g/mol. The Bertz CT molecular complexity index is 448. The van der Waals surface area contributed by atoms with Crippen molar-refractivity contribution in [1.82, 2.24) is 10.9 Å². The summed E-state index contributed by atoms with van der Waals surface area (Å²) in [5.41, 5.74) is 3.31. The van der Waals surface area contributed by atoms with E-state index in [1.54, 1.807) is 0 Å². The Labute approximate surface area is 90.2 Å². The molecule has 0 aromatic heterocycles. The Hall–Kier alpha value is -2.15. The number of aromatic hydroxyl groups is 2. The summed E-state index contributed by atoms with van der Waals surface area (Å²) in [6.45, 7) is 0. The number of carbonyl (C=O) groups is 1. The van der Waals surface area contributed by atoms with E-state index in [1.165, 1.54) is 7.05 Å². The molecule has 7 heteroatoms. The molecule has 6 nitrogen and oxygen atoms in total.